The predicted octanol–water partition coefficient (Wildman–Crippen LogP) is 5.14. The van der Waals surface area contributed by atoms with Gasteiger partial charge < -0.3 is 20.5 Å². The number of carbonyl (C=O) groups is 1. The molecule has 3 N–H and O–H groups in total. The molecule has 0 unspecified atom stereocenters. The van der Waals surface area contributed by atoms with Gasteiger partial charge in [0, 0.05) is 42.6 Å². The van der Waals surface area contributed by atoms with Gasteiger partial charge in [0.1, 0.15) is 11.5 Å². The zero-order valence-corrected chi connectivity index (χ0v) is 17.1. The summed E-state index contributed by atoms with van der Waals surface area (Å²) < 4.78 is 39.6. The fraction of sp³-hybridized carbons (Fsp3) is 0.364. The maximum Gasteiger partial charge on any atom is 0.433 e. The SMILES string of the molecule is CC1CCN(c2nc(C(F)(F)F)ccc2CNC(=O)Nc2ccc3cc[nH]c3c2)CC1. The summed E-state index contributed by atoms with van der Waals surface area (Å²) in [5.74, 6) is 0.821. The van der Waals surface area contributed by atoms with Crippen LogP contribution < -0.4 is 15.5 Å². The van der Waals surface area contributed by atoms with Crippen LogP contribution in [0.1, 0.15) is 31.0 Å². The van der Waals surface area contributed by atoms with Gasteiger partial charge >= 0.3 is 12.2 Å². The van der Waals surface area contributed by atoms with Gasteiger partial charge in [0.05, 0.1) is 0 Å². The van der Waals surface area contributed by atoms with E-state index in [4.69, 9.17) is 0 Å². The Hall–Kier alpha value is -3.23. The third kappa shape index (κ3) is 4.92. The van der Waals surface area contributed by atoms with Crippen molar-refractivity contribution < 1.29 is 18.0 Å². The second-order valence-electron chi connectivity index (χ2n) is 7.93. The summed E-state index contributed by atoms with van der Waals surface area (Å²) in [6, 6.07) is 9.34. The van der Waals surface area contributed by atoms with E-state index in [2.05, 4.69) is 27.5 Å². The van der Waals surface area contributed by atoms with Crippen LogP contribution in [0, 0.1) is 5.92 Å². The molecule has 9 heteroatoms. The molecule has 0 radical (unpaired) electrons. The molecule has 0 spiro atoms. The van der Waals surface area contributed by atoms with Crippen molar-refractivity contribution in [2.24, 2.45) is 5.92 Å². The van der Waals surface area contributed by atoms with E-state index in [-0.39, 0.29) is 12.4 Å². The number of nitrogens with one attached hydrogen (secondary N) is 3. The van der Waals surface area contributed by atoms with E-state index in [0.717, 1.165) is 29.8 Å². The Morgan fingerprint density at radius 2 is 1.97 bits per heavy atom. The minimum atomic E-state index is -4.52. The lowest BCUT2D eigenvalue weighted by molar-refractivity contribution is -0.141. The molecule has 0 aliphatic carbocycles. The molecule has 1 fully saturated rings. The molecule has 4 rings (SSSR count). The fourth-order valence-electron chi connectivity index (χ4n) is 3.74. The third-order valence-corrected chi connectivity index (χ3v) is 5.58. The summed E-state index contributed by atoms with van der Waals surface area (Å²) in [4.78, 5) is 21.2. The number of carbonyl (C=O) groups excluding carboxylic acids is 1. The summed E-state index contributed by atoms with van der Waals surface area (Å²) in [5, 5.41) is 6.51. The van der Waals surface area contributed by atoms with Crippen molar-refractivity contribution in [1.29, 1.82) is 0 Å². The molecule has 0 atom stereocenters. The number of urea groups is 1. The maximum absolute atomic E-state index is 13.2. The highest BCUT2D eigenvalue weighted by Crippen LogP contribution is 2.32. The van der Waals surface area contributed by atoms with Crippen LogP contribution in [-0.2, 0) is 12.7 Å². The van der Waals surface area contributed by atoms with Crippen molar-refractivity contribution in [3.05, 3.63) is 53.9 Å². The number of hydrogen-bond acceptors (Lipinski definition) is 3. The highest BCUT2D eigenvalue weighted by Gasteiger charge is 2.34. The van der Waals surface area contributed by atoms with E-state index in [1.165, 1.54) is 6.07 Å². The molecule has 31 heavy (non-hydrogen) atoms. The molecule has 1 aliphatic heterocycles. The monoisotopic (exact) mass is 431 g/mol. The number of amides is 2. The number of anilines is 2. The average Bonchev–Trinajstić information content (AvgIpc) is 3.20. The number of fused-ring (bicyclic) bond motifs is 1. The molecule has 0 bridgehead atoms. The number of halogens is 3. The molecule has 1 saturated heterocycles. The van der Waals surface area contributed by atoms with Crippen molar-refractivity contribution in [1.82, 2.24) is 15.3 Å². The number of alkyl halides is 3. The Morgan fingerprint density at radius 1 is 1.19 bits per heavy atom. The Labute approximate surface area is 177 Å². The first-order valence-corrected chi connectivity index (χ1v) is 10.2. The first-order valence-electron chi connectivity index (χ1n) is 10.2. The molecule has 2 aromatic heterocycles. The van der Waals surface area contributed by atoms with Crippen LogP contribution in [0.15, 0.2) is 42.6 Å². The van der Waals surface area contributed by atoms with Crippen LogP contribution in [0.2, 0.25) is 0 Å². The van der Waals surface area contributed by atoms with Crippen LogP contribution in [0.4, 0.5) is 29.5 Å². The van der Waals surface area contributed by atoms with Gasteiger partial charge in [-0.05, 0) is 48.4 Å². The quantitative estimate of drug-likeness (QED) is 0.536. The van der Waals surface area contributed by atoms with E-state index >= 15 is 0 Å². The number of H-pyrrole nitrogens is 1. The predicted molar refractivity (Wildman–Crippen MR) is 114 cm³/mol. The van der Waals surface area contributed by atoms with Crippen LogP contribution >= 0.6 is 0 Å². The Kier molecular flexibility index (Phi) is 5.75. The fourth-order valence-corrected chi connectivity index (χ4v) is 3.74. The largest absolute Gasteiger partial charge is 0.433 e. The molecule has 6 nitrogen and oxygen atoms in total. The van der Waals surface area contributed by atoms with Gasteiger partial charge in [-0.1, -0.05) is 19.1 Å². The zero-order valence-electron chi connectivity index (χ0n) is 17.1. The van der Waals surface area contributed by atoms with E-state index in [9.17, 15) is 18.0 Å². The first-order chi connectivity index (χ1) is 14.8. The molecule has 0 saturated carbocycles. The van der Waals surface area contributed by atoms with Gasteiger partial charge in [-0.2, -0.15) is 13.2 Å². The number of hydrogen-bond donors (Lipinski definition) is 3. The van der Waals surface area contributed by atoms with Crippen molar-refractivity contribution in [3.63, 3.8) is 0 Å². The number of benzene rings is 1. The lowest BCUT2D eigenvalue weighted by Gasteiger charge is -2.33. The van der Waals surface area contributed by atoms with E-state index in [1.807, 2.05) is 29.3 Å². The van der Waals surface area contributed by atoms with Crippen LogP contribution in [0.5, 0.6) is 0 Å². The van der Waals surface area contributed by atoms with Crippen molar-refractivity contribution in [3.8, 4) is 0 Å². The third-order valence-electron chi connectivity index (χ3n) is 5.58. The van der Waals surface area contributed by atoms with E-state index < -0.39 is 17.9 Å². The second-order valence-corrected chi connectivity index (χ2v) is 7.93. The van der Waals surface area contributed by atoms with Crippen molar-refractivity contribution >= 4 is 28.4 Å². The van der Waals surface area contributed by atoms with Crippen molar-refractivity contribution in [2.75, 3.05) is 23.3 Å². The number of pyridine rings is 1. The van der Waals surface area contributed by atoms with Crippen molar-refractivity contribution in [2.45, 2.75) is 32.5 Å². The lowest BCUT2D eigenvalue weighted by atomic mass is 9.99. The number of piperidine rings is 1. The maximum atomic E-state index is 13.2. The standard InChI is InChI=1S/C22H24F3N5O/c1-14-7-10-30(11-8-14)20-16(3-5-19(29-20)22(23,24)25)13-27-21(31)28-17-4-2-15-6-9-26-18(15)12-17/h2-6,9,12,14,26H,7-8,10-11,13H2,1H3,(H2,27,28,31). The minimum Gasteiger partial charge on any atom is -0.361 e. The molecule has 3 aromatic rings. The average molecular weight is 431 g/mol. The van der Waals surface area contributed by atoms with Crippen LogP contribution in [0.25, 0.3) is 10.9 Å². The number of nitrogens with zero attached hydrogens (tertiary/aromatic N) is 2. The number of aromatic amines is 1. The summed E-state index contributed by atoms with van der Waals surface area (Å²) in [5.41, 5.74) is 1.14. The minimum absolute atomic E-state index is 0.0725. The van der Waals surface area contributed by atoms with Gasteiger partial charge in [0.15, 0.2) is 0 Å². The van der Waals surface area contributed by atoms with Gasteiger partial charge in [0.2, 0.25) is 0 Å². The summed E-state index contributed by atoms with van der Waals surface area (Å²) in [6.07, 6.45) is -0.911. The first kappa shape index (κ1) is 21.0. The summed E-state index contributed by atoms with van der Waals surface area (Å²) >= 11 is 0. The number of rotatable bonds is 4. The molecular formula is C22H24F3N5O. The molecule has 1 aromatic carbocycles. The smallest absolute Gasteiger partial charge is 0.361 e. The normalized spacial score (nSPS) is 15.3. The van der Waals surface area contributed by atoms with Crippen LogP contribution in [0.3, 0.4) is 0 Å². The molecule has 164 valence electrons. The second kappa shape index (κ2) is 8.49. The van der Waals surface area contributed by atoms with Crippen LogP contribution in [-0.4, -0.2) is 29.1 Å². The Balaban J connectivity index is 1.47. The number of aromatic nitrogens is 2. The van der Waals surface area contributed by atoms with Gasteiger partial charge in [-0.3, -0.25) is 0 Å². The molecular weight excluding hydrogens is 407 g/mol. The Bertz CT molecular complexity index is 1070. The molecule has 2 amide bonds. The summed E-state index contributed by atoms with van der Waals surface area (Å²) in [7, 11) is 0. The lowest BCUT2D eigenvalue weighted by Crippen LogP contribution is -2.35. The highest BCUT2D eigenvalue weighted by atomic mass is 19.4. The van der Waals surface area contributed by atoms with E-state index in [0.29, 0.717) is 30.3 Å². The zero-order chi connectivity index (χ0) is 22.0. The topological polar surface area (TPSA) is 73.1 Å². The summed E-state index contributed by atoms with van der Waals surface area (Å²) in [6.45, 7) is 3.49. The van der Waals surface area contributed by atoms with Gasteiger partial charge in [0.25, 0.3) is 0 Å². The van der Waals surface area contributed by atoms with Gasteiger partial charge in [-0.25, -0.2) is 9.78 Å². The highest BCUT2D eigenvalue weighted by molar-refractivity contribution is 5.92. The molecule has 3 heterocycles. The molecule has 1 aliphatic rings. The van der Waals surface area contributed by atoms with Gasteiger partial charge in [-0.15, -0.1) is 0 Å². The van der Waals surface area contributed by atoms with E-state index in [1.54, 1.807) is 6.07 Å². The Morgan fingerprint density at radius 3 is 2.71 bits per heavy atom.